The van der Waals surface area contributed by atoms with Gasteiger partial charge in [-0.1, -0.05) is 0 Å². The summed E-state index contributed by atoms with van der Waals surface area (Å²) in [5, 5.41) is 11.3. The minimum absolute atomic E-state index is 0.0775. The summed E-state index contributed by atoms with van der Waals surface area (Å²) in [6.45, 7) is 5.21. The lowest BCUT2D eigenvalue weighted by atomic mass is 10.0. The Balaban J connectivity index is 2.52. The molecular formula is C10H17NO4. The van der Waals surface area contributed by atoms with Crippen LogP contribution in [0, 0.1) is 5.92 Å². The maximum absolute atomic E-state index is 11.7. The molecule has 5 nitrogen and oxygen atoms in total. The van der Waals surface area contributed by atoms with E-state index in [0.717, 1.165) is 0 Å². The molecule has 0 aromatic carbocycles. The van der Waals surface area contributed by atoms with Gasteiger partial charge in [-0.15, -0.1) is 0 Å². The van der Waals surface area contributed by atoms with Crippen LogP contribution < -0.4 is 5.32 Å². The van der Waals surface area contributed by atoms with Gasteiger partial charge in [0.1, 0.15) is 5.54 Å². The normalized spacial score (nSPS) is 26.3. The Morgan fingerprint density at radius 2 is 2.07 bits per heavy atom. The molecule has 1 aliphatic heterocycles. The minimum atomic E-state index is -1.22. The number of rotatable bonds is 3. The summed E-state index contributed by atoms with van der Waals surface area (Å²) in [5.74, 6) is -1.51. The van der Waals surface area contributed by atoms with Crippen LogP contribution in [0.25, 0.3) is 0 Å². The lowest BCUT2D eigenvalue weighted by Gasteiger charge is -2.22. The predicted molar refractivity (Wildman–Crippen MR) is 53.4 cm³/mol. The number of aliphatic carboxylic acids is 1. The molecule has 1 aliphatic rings. The number of nitrogens with one attached hydrogen (secondary N) is 1. The Kier molecular flexibility index (Phi) is 3.34. The molecule has 86 valence electrons. The lowest BCUT2D eigenvalue weighted by molar-refractivity contribution is -0.146. The van der Waals surface area contributed by atoms with Crippen LogP contribution in [0.15, 0.2) is 0 Å². The van der Waals surface area contributed by atoms with Crippen molar-refractivity contribution in [1.29, 1.82) is 0 Å². The highest BCUT2D eigenvalue weighted by Gasteiger charge is 2.34. The van der Waals surface area contributed by atoms with E-state index in [0.29, 0.717) is 13.0 Å². The van der Waals surface area contributed by atoms with Crippen molar-refractivity contribution in [1.82, 2.24) is 5.32 Å². The van der Waals surface area contributed by atoms with Crippen LogP contribution in [-0.4, -0.2) is 35.2 Å². The van der Waals surface area contributed by atoms with Crippen molar-refractivity contribution < 1.29 is 19.4 Å². The molecule has 1 heterocycles. The molecule has 2 N–H and O–H groups in total. The van der Waals surface area contributed by atoms with Crippen molar-refractivity contribution in [2.45, 2.75) is 38.8 Å². The predicted octanol–water partition coefficient (Wildman–Crippen LogP) is 0.391. The summed E-state index contributed by atoms with van der Waals surface area (Å²) in [7, 11) is 0. The van der Waals surface area contributed by atoms with E-state index in [-0.39, 0.29) is 17.9 Å². The standard InChI is InChI=1S/C10H17NO4/c1-6-4-7(5-15-6)8(12)11-10(2,3)9(13)14/h6-7H,4-5H2,1-3H3,(H,11,12)(H,13,14). The molecule has 5 heteroatoms. The first-order valence-electron chi connectivity index (χ1n) is 5.00. The third kappa shape index (κ3) is 2.92. The van der Waals surface area contributed by atoms with E-state index in [2.05, 4.69) is 5.32 Å². The second kappa shape index (κ2) is 4.18. The van der Waals surface area contributed by atoms with Crippen molar-refractivity contribution in [3.63, 3.8) is 0 Å². The molecule has 1 fully saturated rings. The monoisotopic (exact) mass is 215 g/mol. The number of hydrogen-bond acceptors (Lipinski definition) is 3. The van der Waals surface area contributed by atoms with E-state index >= 15 is 0 Å². The Hall–Kier alpha value is -1.10. The molecule has 1 saturated heterocycles. The van der Waals surface area contributed by atoms with Gasteiger partial charge in [-0.05, 0) is 27.2 Å². The molecule has 0 saturated carbocycles. The van der Waals surface area contributed by atoms with Gasteiger partial charge >= 0.3 is 5.97 Å². The number of amides is 1. The van der Waals surface area contributed by atoms with Gasteiger partial charge < -0.3 is 15.2 Å². The van der Waals surface area contributed by atoms with E-state index in [1.807, 2.05) is 6.92 Å². The zero-order chi connectivity index (χ0) is 11.6. The first-order valence-corrected chi connectivity index (χ1v) is 5.00. The molecule has 0 aliphatic carbocycles. The highest BCUT2D eigenvalue weighted by atomic mass is 16.5. The van der Waals surface area contributed by atoms with Gasteiger partial charge in [-0.25, -0.2) is 4.79 Å². The quantitative estimate of drug-likeness (QED) is 0.714. The first kappa shape index (κ1) is 12.0. The van der Waals surface area contributed by atoms with Crippen LogP contribution in [0.3, 0.4) is 0 Å². The Bertz CT molecular complexity index is 275. The molecule has 15 heavy (non-hydrogen) atoms. The summed E-state index contributed by atoms with van der Waals surface area (Å²) in [6.07, 6.45) is 0.732. The van der Waals surface area contributed by atoms with E-state index in [9.17, 15) is 9.59 Å². The molecule has 0 aromatic rings. The average molecular weight is 215 g/mol. The Morgan fingerprint density at radius 1 is 1.47 bits per heavy atom. The van der Waals surface area contributed by atoms with Gasteiger partial charge in [0.15, 0.2) is 0 Å². The summed E-state index contributed by atoms with van der Waals surface area (Å²) in [5.41, 5.74) is -1.22. The second-order valence-electron chi connectivity index (χ2n) is 4.50. The largest absolute Gasteiger partial charge is 0.480 e. The topological polar surface area (TPSA) is 75.6 Å². The zero-order valence-electron chi connectivity index (χ0n) is 9.24. The van der Waals surface area contributed by atoms with Crippen LogP contribution in [0.4, 0.5) is 0 Å². The summed E-state index contributed by atoms with van der Waals surface area (Å²) in [4.78, 5) is 22.4. The maximum atomic E-state index is 11.7. The minimum Gasteiger partial charge on any atom is -0.480 e. The molecule has 0 spiro atoms. The van der Waals surface area contributed by atoms with Gasteiger partial charge in [-0.2, -0.15) is 0 Å². The van der Waals surface area contributed by atoms with Crippen LogP contribution in [0.2, 0.25) is 0 Å². The van der Waals surface area contributed by atoms with E-state index in [4.69, 9.17) is 9.84 Å². The molecule has 1 amide bonds. The van der Waals surface area contributed by atoms with Crippen LogP contribution >= 0.6 is 0 Å². The fraction of sp³-hybridized carbons (Fsp3) is 0.800. The number of ether oxygens (including phenoxy) is 1. The van der Waals surface area contributed by atoms with Crippen molar-refractivity contribution in [2.75, 3.05) is 6.61 Å². The van der Waals surface area contributed by atoms with Crippen molar-refractivity contribution in [3.8, 4) is 0 Å². The zero-order valence-corrected chi connectivity index (χ0v) is 9.24. The molecule has 2 atom stereocenters. The third-order valence-corrected chi connectivity index (χ3v) is 2.54. The van der Waals surface area contributed by atoms with Crippen LogP contribution in [-0.2, 0) is 14.3 Å². The smallest absolute Gasteiger partial charge is 0.328 e. The number of carbonyl (C=O) groups excluding carboxylic acids is 1. The molecule has 2 unspecified atom stereocenters. The molecule has 0 bridgehead atoms. The lowest BCUT2D eigenvalue weighted by Crippen LogP contribution is -2.51. The van der Waals surface area contributed by atoms with Crippen LogP contribution in [0.1, 0.15) is 27.2 Å². The van der Waals surface area contributed by atoms with Gasteiger partial charge in [0.25, 0.3) is 0 Å². The van der Waals surface area contributed by atoms with Crippen molar-refractivity contribution >= 4 is 11.9 Å². The van der Waals surface area contributed by atoms with Crippen molar-refractivity contribution in [2.24, 2.45) is 5.92 Å². The van der Waals surface area contributed by atoms with Gasteiger partial charge in [0.05, 0.1) is 18.6 Å². The fourth-order valence-electron chi connectivity index (χ4n) is 1.46. The number of carboxylic acids is 1. The van der Waals surface area contributed by atoms with Gasteiger partial charge in [0, 0.05) is 0 Å². The Morgan fingerprint density at radius 3 is 2.47 bits per heavy atom. The highest BCUT2D eigenvalue weighted by molar-refractivity contribution is 5.87. The summed E-state index contributed by atoms with van der Waals surface area (Å²) in [6, 6.07) is 0. The van der Waals surface area contributed by atoms with E-state index < -0.39 is 11.5 Å². The van der Waals surface area contributed by atoms with Gasteiger partial charge in [0.2, 0.25) is 5.91 Å². The average Bonchev–Trinajstić information content (AvgIpc) is 2.50. The first-order chi connectivity index (χ1) is 6.83. The fourth-order valence-corrected chi connectivity index (χ4v) is 1.46. The van der Waals surface area contributed by atoms with Crippen LogP contribution in [0.5, 0.6) is 0 Å². The number of carbonyl (C=O) groups is 2. The van der Waals surface area contributed by atoms with Crippen molar-refractivity contribution in [3.05, 3.63) is 0 Å². The summed E-state index contributed by atoms with van der Waals surface area (Å²) >= 11 is 0. The number of hydrogen-bond donors (Lipinski definition) is 2. The van der Waals surface area contributed by atoms with E-state index in [1.165, 1.54) is 13.8 Å². The molecular weight excluding hydrogens is 198 g/mol. The maximum Gasteiger partial charge on any atom is 0.328 e. The SMILES string of the molecule is CC1CC(C(=O)NC(C)(C)C(=O)O)CO1. The second-order valence-corrected chi connectivity index (χ2v) is 4.50. The highest BCUT2D eigenvalue weighted by Crippen LogP contribution is 2.20. The Labute approximate surface area is 88.8 Å². The molecule has 0 aromatic heterocycles. The van der Waals surface area contributed by atoms with E-state index in [1.54, 1.807) is 0 Å². The third-order valence-electron chi connectivity index (χ3n) is 2.54. The molecule has 0 radical (unpaired) electrons. The number of carboxylic acid groups (broad SMARTS) is 1. The molecule has 1 rings (SSSR count). The summed E-state index contributed by atoms with van der Waals surface area (Å²) < 4.78 is 5.25. The van der Waals surface area contributed by atoms with Gasteiger partial charge in [-0.3, -0.25) is 4.79 Å².